The Labute approximate surface area is 126 Å². The van der Waals surface area contributed by atoms with Crippen molar-refractivity contribution in [3.8, 4) is 0 Å². The molecule has 3 nitrogen and oxygen atoms in total. The standard InChI is InChI=1S/C16H24ClNO2/c1-12(10-14-5-7-15(17)8-6-14)11-16(20)18-13(2)4-3-9-19/h5-8,12-13,19H,3-4,9-11H2,1-2H3,(H,18,20). The number of hydrogen-bond acceptors (Lipinski definition) is 2. The van der Waals surface area contributed by atoms with Crippen LogP contribution in [0.2, 0.25) is 5.02 Å². The summed E-state index contributed by atoms with van der Waals surface area (Å²) in [5.41, 5.74) is 1.20. The quantitative estimate of drug-likeness (QED) is 0.774. The summed E-state index contributed by atoms with van der Waals surface area (Å²) in [6.07, 6.45) is 2.93. The zero-order valence-electron chi connectivity index (χ0n) is 12.2. The molecule has 0 aliphatic carbocycles. The smallest absolute Gasteiger partial charge is 0.220 e. The number of carbonyl (C=O) groups excluding carboxylic acids is 1. The molecule has 0 aliphatic rings. The first-order valence-corrected chi connectivity index (χ1v) is 7.53. The number of carbonyl (C=O) groups is 1. The van der Waals surface area contributed by atoms with E-state index in [0.29, 0.717) is 12.3 Å². The highest BCUT2D eigenvalue weighted by atomic mass is 35.5. The minimum Gasteiger partial charge on any atom is -0.396 e. The molecule has 4 heteroatoms. The van der Waals surface area contributed by atoms with Crippen LogP contribution >= 0.6 is 11.6 Å². The lowest BCUT2D eigenvalue weighted by atomic mass is 9.97. The number of aliphatic hydroxyl groups excluding tert-OH is 1. The molecule has 2 atom stereocenters. The molecule has 20 heavy (non-hydrogen) atoms. The summed E-state index contributed by atoms with van der Waals surface area (Å²) in [5, 5.41) is 12.5. The predicted octanol–water partition coefficient (Wildman–Crippen LogP) is 3.19. The fourth-order valence-electron chi connectivity index (χ4n) is 2.21. The number of rotatable bonds is 8. The molecule has 1 aromatic rings. The second-order valence-electron chi connectivity index (χ2n) is 5.47. The van der Waals surface area contributed by atoms with Crippen LogP contribution in [0.25, 0.3) is 0 Å². The molecule has 0 spiro atoms. The van der Waals surface area contributed by atoms with Gasteiger partial charge >= 0.3 is 0 Å². The van der Waals surface area contributed by atoms with E-state index in [1.165, 1.54) is 5.56 Å². The van der Waals surface area contributed by atoms with Crippen molar-refractivity contribution in [1.29, 1.82) is 0 Å². The van der Waals surface area contributed by atoms with Gasteiger partial charge in [-0.05, 0) is 49.8 Å². The third-order valence-corrected chi connectivity index (χ3v) is 3.49. The lowest BCUT2D eigenvalue weighted by molar-refractivity contribution is -0.122. The van der Waals surface area contributed by atoms with E-state index in [0.717, 1.165) is 24.3 Å². The molecule has 0 heterocycles. The molecule has 0 aliphatic heterocycles. The van der Waals surface area contributed by atoms with Gasteiger partial charge < -0.3 is 10.4 Å². The fourth-order valence-corrected chi connectivity index (χ4v) is 2.34. The predicted molar refractivity (Wildman–Crippen MR) is 82.9 cm³/mol. The van der Waals surface area contributed by atoms with Crippen LogP contribution in [0, 0.1) is 5.92 Å². The maximum absolute atomic E-state index is 11.9. The van der Waals surface area contributed by atoms with E-state index in [1.54, 1.807) is 0 Å². The lowest BCUT2D eigenvalue weighted by Gasteiger charge is -2.16. The van der Waals surface area contributed by atoms with Gasteiger partial charge in [-0.1, -0.05) is 30.7 Å². The van der Waals surface area contributed by atoms with E-state index in [4.69, 9.17) is 16.7 Å². The van der Waals surface area contributed by atoms with Gasteiger partial charge in [-0.25, -0.2) is 0 Å². The van der Waals surface area contributed by atoms with Crippen LogP contribution in [0.15, 0.2) is 24.3 Å². The fraction of sp³-hybridized carbons (Fsp3) is 0.562. The Balaban J connectivity index is 2.32. The van der Waals surface area contributed by atoms with Crippen LogP contribution in [-0.4, -0.2) is 23.7 Å². The zero-order chi connectivity index (χ0) is 15.0. The number of amides is 1. The van der Waals surface area contributed by atoms with Crippen LogP contribution in [0.3, 0.4) is 0 Å². The Hall–Kier alpha value is -1.06. The Morgan fingerprint density at radius 3 is 2.55 bits per heavy atom. The van der Waals surface area contributed by atoms with Crippen LogP contribution in [0.5, 0.6) is 0 Å². The number of benzene rings is 1. The highest BCUT2D eigenvalue weighted by Crippen LogP contribution is 2.15. The van der Waals surface area contributed by atoms with E-state index in [9.17, 15) is 4.79 Å². The average Bonchev–Trinajstić information content (AvgIpc) is 2.38. The first-order chi connectivity index (χ1) is 9.51. The molecule has 0 fully saturated rings. The normalized spacial score (nSPS) is 13.8. The van der Waals surface area contributed by atoms with Crippen molar-refractivity contribution in [2.24, 2.45) is 5.92 Å². The van der Waals surface area contributed by atoms with Gasteiger partial charge in [0.25, 0.3) is 0 Å². The number of halogens is 1. The van der Waals surface area contributed by atoms with Gasteiger partial charge in [0.1, 0.15) is 0 Å². The molecule has 1 aromatic carbocycles. The van der Waals surface area contributed by atoms with E-state index >= 15 is 0 Å². The molecule has 0 saturated heterocycles. The molecular weight excluding hydrogens is 274 g/mol. The van der Waals surface area contributed by atoms with E-state index in [2.05, 4.69) is 12.2 Å². The lowest BCUT2D eigenvalue weighted by Crippen LogP contribution is -2.33. The SMILES string of the molecule is CC(CC(=O)NC(C)CCCO)Cc1ccc(Cl)cc1. The molecule has 0 bridgehead atoms. The summed E-state index contributed by atoms with van der Waals surface area (Å²) in [7, 11) is 0. The largest absolute Gasteiger partial charge is 0.396 e. The number of hydrogen-bond donors (Lipinski definition) is 2. The molecule has 1 rings (SSSR count). The number of nitrogens with one attached hydrogen (secondary N) is 1. The Bertz CT molecular complexity index is 405. The van der Waals surface area contributed by atoms with Gasteiger partial charge in [-0.2, -0.15) is 0 Å². The molecule has 1 amide bonds. The van der Waals surface area contributed by atoms with Crippen molar-refractivity contribution < 1.29 is 9.90 Å². The minimum absolute atomic E-state index is 0.0805. The van der Waals surface area contributed by atoms with E-state index in [1.807, 2.05) is 31.2 Å². The second-order valence-corrected chi connectivity index (χ2v) is 5.91. The van der Waals surface area contributed by atoms with Crippen molar-refractivity contribution >= 4 is 17.5 Å². The van der Waals surface area contributed by atoms with E-state index in [-0.39, 0.29) is 18.6 Å². The van der Waals surface area contributed by atoms with Gasteiger partial charge in [0.15, 0.2) is 0 Å². The highest BCUT2D eigenvalue weighted by molar-refractivity contribution is 6.30. The van der Waals surface area contributed by atoms with Gasteiger partial charge in [0, 0.05) is 24.1 Å². The Morgan fingerprint density at radius 2 is 1.95 bits per heavy atom. The summed E-state index contributed by atoms with van der Waals surface area (Å²) < 4.78 is 0. The first kappa shape index (κ1) is 17.0. The van der Waals surface area contributed by atoms with Gasteiger partial charge in [0.2, 0.25) is 5.91 Å². The topological polar surface area (TPSA) is 49.3 Å². The summed E-state index contributed by atoms with van der Waals surface area (Å²) >= 11 is 5.85. The molecule has 0 aromatic heterocycles. The maximum Gasteiger partial charge on any atom is 0.220 e. The van der Waals surface area contributed by atoms with Crippen molar-refractivity contribution in [2.45, 2.75) is 45.6 Å². The maximum atomic E-state index is 11.9. The zero-order valence-corrected chi connectivity index (χ0v) is 13.0. The third-order valence-electron chi connectivity index (χ3n) is 3.23. The third kappa shape index (κ3) is 6.92. The first-order valence-electron chi connectivity index (χ1n) is 7.16. The van der Waals surface area contributed by atoms with Crippen molar-refractivity contribution in [3.63, 3.8) is 0 Å². The van der Waals surface area contributed by atoms with Gasteiger partial charge in [0.05, 0.1) is 0 Å². The van der Waals surface area contributed by atoms with E-state index < -0.39 is 0 Å². The van der Waals surface area contributed by atoms with Crippen LogP contribution in [-0.2, 0) is 11.2 Å². The molecule has 2 N–H and O–H groups in total. The minimum atomic E-state index is 0.0805. The van der Waals surface area contributed by atoms with Crippen molar-refractivity contribution in [3.05, 3.63) is 34.9 Å². The monoisotopic (exact) mass is 297 g/mol. The number of aliphatic hydroxyl groups is 1. The molecule has 0 saturated carbocycles. The van der Waals surface area contributed by atoms with Crippen LogP contribution in [0.1, 0.15) is 38.7 Å². The molecule has 112 valence electrons. The Morgan fingerprint density at radius 1 is 1.30 bits per heavy atom. The molecular formula is C16H24ClNO2. The average molecular weight is 298 g/mol. The van der Waals surface area contributed by atoms with Gasteiger partial charge in [-0.3, -0.25) is 4.79 Å². The second kappa shape index (κ2) is 8.98. The summed E-state index contributed by atoms with van der Waals surface area (Å²) in [5.74, 6) is 0.373. The summed E-state index contributed by atoms with van der Waals surface area (Å²) in [4.78, 5) is 11.9. The van der Waals surface area contributed by atoms with Crippen LogP contribution in [0.4, 0.5) is 0 Å². The highest BCUT2D eigenvalue weighted by Gasteiger charge is 2.12. The molecule has 2 unspecified atom stereocenters. The van der Waals surface area contributed by atoms with Crippen molar-refractivity contribution in [2.75, 3.05) is 6.61 Å². The Kier molecular flexibility index (Phi) is 7.63. The van der Waals surface area contributed by atoms with Gasteiger partial charge in [-0.15, -0.1) is 0 Å². The van der Waals surface area contributed by atoms with Crippen LogP contribution < -0.4 is 5.32 Å². The summed E-state index contributed by atoms with van der Waals surface area (Å²) in [6, 6.07) is 7.88. The summed E-state index contributed by atoms with van der Waals surface area (Å²) in [6.45, 7) is 4.22. The molecule has 0 radical (unpaired) electrons. The van der Waals surface area contributed by atoms with Crippen molar-refractivity contribution in [1.82, 2.24) is 5.32 Å².